The van der Waals surface area contributed by atoms with Crippen LogP contribution in [-0.4, -0.2) is 18.9 Å². The van der Waals surface area contributed by atoms with Crippen molar-refractivity contribution in [3.05, 3.63) is 128 Å². The number of carbonyl (C=O) groups excluding carboxylic acids is 2. The summed E-state index contributed by atoms with van der Waals surface area (Å²) in [5, 5.41) is 7.12. The standard InChI is InChI=1S/C29H23Cl3N2O4/c1-37-25-13-12-18(16-26(25)38-17-21-6-2-3-11-24(21)32)27(33-28(35)19-7-4-9-22(30)14-19)34-29(36)20-8-5-10-23(31)15-20/h2-16,27H,17H2,1H3,(H,33,35)(H,34,36). The topological polar surface area (TPSA) is 76.7 Å². The predicted octanol–water partition coefficient (Wildman–Crippen LogP) is 7.09. The highest BCUT2D eigenvalue weighted by Crippen LogP contribution is 2.31. The molecule has 0 saturated carbocycles. The molecule has 6 nitrogen and oxygen atoms in total. The molecule has 0 spiro atoms. The molecule has 0 aliphatic rings. The van der Waals surface area contributed by atoms with Crippen molar-refractivity contribution in [2.75, 3.05) is 7.11 Å². The molecule has 2 N–H and O–H groups in total. The Bertz CT molecular complexity index is 1400. The van der Waals surface area contributed by atoms with Gasteiger partial charge >= 0.3 is 0 Å². The fraction of sp³-hybridized carbons (Fsp3) is 0.103. The molecule has 0 radical (unpaired) electrons. The van der Waals surface area contributed by atoms with E-state index >= 15 is 0 Å². The van der Waals surface area contributed by atoms with E-state index in [2.05, 4.69) is 10.6 Å². The van der Waals surface area contributed by atoms with Crippen molar-refractivity contribution < 1.29 is 19.1 Å². The monoisotopic (exact) mass is 568 g/mol. The number of carbonyl (C=O) groups is 2. The van der Waals surface area contributed by atoms with E-state index in [0.29, 0.717) is 43.3 Å². The second-order valence-electron chi connectivity index (χ2n) is 8.19. The Morgan fingerprint density at radius 2 is 1.34 bits per heavy atom. The number of amides is 2. The lowest BCUT2D eigenvalue weighted by Crippen LogP contribution is -2.41. The third-order valence-corrected chi connectivity index (χ3v) is 6.43. The van der Waals surface area contributed by atoms with Gasteiger partial charge in [-0.15, -0.1) is 0 Å². The van der Waals surface area contributed by atoms with E-state index in [-0.39, 0.29) is 6.61 Å². The quantitative estimate of drug-likeness (QED) is 0.211. The average Bonchev–Trinajstić information content (AvgIpc) is 2.92. The van der Waals surface area contributed by atoms with Crippen LogP contribution in [0.2, 0.25) is 15.1 Å². The molecule has 0 heterocycles. The third-order valence-electron chi connectivity index (χ3n) is 5.59. The van der Waals surface area contributed by atoms with Crippen LogP contribution in [0.1, 0.15) is 38.0 Å². The fourth-order valence-corrected chi connectivity index (χ4v) is 4.22. The highest BCUT2D eigenvalue weighted by molar-refractivity contribution is 6.31. The Morgan fingerprint density at radius 3 is 1.89 bits per heavy atom. The lowest BCUT2D eigenvalue weighted by molar-refractivity contribution is 0.0883. The first-order valence-electron chi connectivity index (χ1n) is 11.5. The number of benzene rings is 4. The van der Waals surface area contributed by atoms with Gasteiger partial charge in [-0.25, -0.2) is 0 Å². The van der Waals surface area contributed by atoms with E-state index in [0.717, 1.165) is 5.56 Å². The van der Waals surface area contributed by atoms with Gasteiger partial charge in [0, 0.05) is 31.8 Å². The first-order chi connectivity index (χ1) is 18.3. The first-order valence-corrected chi connectivity index (χ1v) is 12.6. The number of ether oxygens (including phenoxy) is 2. The summed E-state index contributed by atoms with van der Waals surface area (Å²) in [6.07, 6.45) is -0.929. The molecular weight excluding hydrogens is 547 g/mol. The smallest absolute Gasteiger partial charge is 0.253 e. The Labute approximate surface area is 235 Å². The molecule has 0 fully saturated rings. The minimum atomic E-state index is -0.929. The molecule has 0 aromatic heterocycles. The van der Waals surface area contributed by atoms with Crippen molar-refractivity contribution in [2.45, 2.75) is 12.8 Å². The van der Waals surface area contributed by atoms with Gasteiger partial charge in [0.25, 0.3) is 11.8 Å². The van der Waals surface area contributed by atoms with Crippen LogP contribution in [0.4, 0.5) is 0 Å². The molecular formula is C29H23Cl3N2O4. The molecule has 0 aliphatic carbocycles. The van der Waals surface area contributed by atoms with Crippen molar-refractivity contribution in [1.82, 2.24) is 10.6 Å². The van der Waals surface area contributed by atoms with Crippen LogP contribution in [-0.2, 0) is 6.61 Å². The van der Waals surface area contributed by atoms with Crippen LogP contribution < -0.4 is 20.1 Å². The minimum Gasteiger partial charge on any atom is -0.493 e. The summed E-state index contributed by atoms with van der Waals surface area (Å²) in [5.41, 5.74) is 2.01. The van der Waals surface area contributed by atoms with Gasteiger partial charge in [-0.05, 0) is 60.2 Å². The highest BCUT2D eigenvalue weighted by Gasteiger charge is 2.21. The maximum absolute atomic E-state index is 13.1. The van der Waals surface area contributed by atoms with E-state index in [4.69, 9.17) is 44.3 Å². The molecule has 0 unspecified atom stereocenters. The van der Waals surface area contributed by atoms with E-state index in [9.17, 15) is 9.59 Å². The number of methoxy groups -OCH3 is 1. The molecule has 0 bridgehead atoms. The predicted molar refractivity (Wildman–Crippen MR) is 149 cm³/mol. The highest BCUT2D eigenvalue weighted by atomic mass is 35.5. The molecule has 0 aliphatic heterocycles. The Hall–Kier alpha value is -3.71. The van der Waals surface area contributed by atoms with Crippen LogP contribution in [0.15, 0.2) is 91.0 Å². The summed E-state index contributed by atoms with van der Waals surface area (Å²) >= 11 is 18.4. The minimum absolute atomic E-state index is 0.188. The first kappa shape index (κ1) is 27.3. The summed E-state index contributed by atoms with van der Waals surface area (Å²) in [6.45, 7) is 0.188. The number of hydrogen-bond donors (Lipinski definition) is 2. The summed E-state index contributed by atoms with van der Waals surface area (Å²) in [6, 6.07) is 25.5. The van der Waals surface area contributed by atoms with Gasteiger partial charge in [0.2, 0.25) is 0 Å². The maximum Gasteiger partial charge on any atom is 0.253 e. The molecule has 4 rings (SSSR count). The molecule has 38 heavy (non-hydrogen) atoms. The van der Waals surface area contributed by atoms with Crippen molar-refractivity contribution >= 4 is 46.6 Å². The van der Waals surface area contributed by atoms with Gasteiger partial charge < -0.3 is 20.1 Å². The zero-order valence-corrected chi connectivity index (χ0v) is 22.5. The van der Waals surface area contributed by atoms with Gasteiger partial charge in [-0.2, -0.15) is 0 Å². The number of rotatable bonds is 9. The van der Waals surface area contributed by atoms with Crippen molar-refractivity contribution in [3.8, 4) is 11.5 Å². The van der Waals surface area contributed by atoms with E-state index in [1.54, 1.807) is 72.8 Å². The van der Waals surface area contributed by atoms with Crippen molar-refractivity contribution in [1.29, 1.82) is 0 Å². The lowest BCUT2D eigenvalue weighted by Gasteiger charge is -2.22. The van der Waals surface area contributed by atoms with Crippen LogP contribution in [0.5, 0.6) is 11.5 Å². The largest absolute Gasteiger partial charge is 0.493 e. The second kappa shape index (κ2) is 12.7. The number of halogens is 3. The maximum atomic E-state index is 13.1. The molecule has 9 heteroatoms. The van der Waals surface area contributed by atoms with Gasteiger partial charge in [0.05, 0.1) is 7.11 Å². The molecule has 194 valence electrons. The van der Waals surface area contributed by atoms with Crippen molar-refractivity contribution in [2.24, 2.45) is 0 Å². The van der Waals surface area contributed by atoms with Crippen LogP contribution in [0.25, 0.3) is 0 Å². The number of nitrogens with one attached hydrogen (secondary N) is 2. The van der Waals surface area contributed by atoms with E-state index < -0.39 is 18.0 Å². The average molecular weight is 570 g/mol. The van der Waals surface area contributed by atoms with Crippen LogP contribution in [0.3, 0.4) is 0 Å². The van der Waals surface area contributed by atoms with Gasteiger partial charge in [-0.3, -0.25) is 9.59 Å². The van der Waals surface area contributed by atoms with E-state index in [1.165, 1.54) is 7.11 Å². The summed E-state index contributed by atoms with van der Waals surface area (Å²) in [4.78, 5) is 26.2. The van der Waals surface area contributed by atoms with Gasteiger partial charge in [-0.1, -0.05) is 71.2 Å². The Balaban J connectivity index is 1.65. The Morgan fingerprint density at radius 1 is 0.737 bits per heavy atom. The van der Waals surface area contributed by atoms with E-state index in [1.807, 2.05) is 18.2 Å². The fourth-order valence-electron chi connectivity index (χ4n) is 3.65. The normalized spacial score (nSPS) is 10.7. The third kappa shape index (κ3) is 6.98. The molecule has 0 saturated heterocycles. The summed E-state index contributed by atoms with van der Waals surface area (Å²) < 4.78 is 11.5. The van der Waals surface area contributed by atoms with Crippen LogP contribution >= 0.6 is 34.8 Å². The lowest BCUT2D eigenvalue weighted by atomic mass is 10.1. The number of hydrogen-bond acceptors (Lipinski definition) is 4. The SMILES string of the molecule is COc1ccc(C(NC(=O)c2cccc(Cl)c2)NC(=O)c2cccc(Cl)c2)cc1OCc1ccccc1Cl. The second-order valence-corrected chi connectivity index (χ2v) is 9.47. The summed E-state index contributed by atoms with van der Waals surface area (Å²) in [7, 11) is 1.52. The van der Waals surface area contributed by atoms with Gasteiger partial charge in [0.15, 0.2) is 11.5 Å². The molecule has 4 aromatic carbocycles. The zero-order chi connectivity index (χ0) is 27.1. The Kier molecular flexibility index (Phi) is 9.13. The van der Waals surface area contributed by atoms with Crippen molar-refractivity contribution in [3.63, 3.8) is 0 Å². The zero-order valence-electron chi connectivity index (χ0n) is 20.2. The summed E-state index contributed by atoms with van der Waals surface area (Å²) in [5.74, 6) is 0.0160. The molecule has 2 amide bonds. The van der Waals surface area contributed by atoms with Gasteiger partial charge in [0.1, 0.15) is 12.8 Å². The molecule has 4 aromatic rings. The van der Waals surface area contributed by atoms with Crippen LogP contribution in [0, 0.1) is 0 Å². The molecule has 0 atom stereocenters.